The van der Waals surface area contributed by atoms with Crippen LogP contribution in [0.15, 0.2) is 18.3 Å². The molecule has 8 heteroatoms. The number of hydrogen-bond donors (Lipinski definition) is 1. The summed E-state index contributed by atoms with van der Waals surface area (Å²) in [6, 6.07) is 3.32. The minimum Gasteiger partial charge on any atom is -0.378 e. The van der Waals surface area contributed by atoms with E-state index in [-0.39, 0.29) is 12.5 Å². The highest BCUT2D eigenvalue weighted by molar-refractivity contribution is 6.42. The van der Waals surface area contributed by atoms with Crippen LogP contribution >= 0.6 is 23.2 Å². The maximum atomic E-state index is 12.1. The number of fused-ring (bicyclic) bond motifs is 1. The van der Waals surface area contributed by atoms with Gasteiger partial charge < -0.3 is 15.0 Å². The summed E-state index contributed by atoms with van der Waals surface area (Å²) >= 11 is 11.9. The second kappa shape index (κ2) is 6.64. The molecule has 1 aromatic heterocycles. The number of morpholine rings is 1. The molecule has 6 nitrogen and oxygen atoms in total. The molecule has 0 radical (unpaired) electrons. The molecule has 2 aromatic rings. The summed E-state index contributed by atoms with van der Waals surface area (Å²) in [6.45, 7) is 2.58. The molecule has 3 rings (SSSR count). The van der Waals surface area contributed by atoms with Crippen molar-refractivity contribution >= 4 is 46.0 Å². The first-order chi connectivity index (χ1) is 10.6. The van der Waals surface area contributed by atoms with Crippen molar-refractivity contribution in [3.05, 3.63) is 28.4 Å². The molecule has 0 saturated carbocycles. The number of hydrogen-bond acceptors (Lipinski definition) is 5. The Labute approximate surface area is 137 Å². The lowest BCUT2D eigenvalue weighted by Crippen LogP contribution is -2.43. The smallest absolute Gasteiger partial charge is 0.242 e. The first kappa shape index (κ1) is 15.3. The Kier molecular flexibility index (Phi) is 4.61. The Morgan fingerprint density at radius 2 is 1.91 bits per heavy atom. The summed E-state index contributed by atoms with van der Waals surface area (Å²) in [5.41, 5.74) is 1.28. The van der Waals surface area contributed by atoms with Gasteiger partial charge in [0.25, 0.3) is 0 Å². The van der Waals surface area contributed by atoms with Crippen LogP contribution in [-0.4, -0.2) is 53.6 Å². The molecule has 1 aliphatic rings. The van der Waals surface area contributed by atoms with Gasteiger partial charge in [-0.3, -0.25) is 9.78 Å². The molecular weight excluding hydrogens is 327 g/mol. The number of benzene rings is 1. The Balaban J connectivity index is 1.68. The average molecular weight is 341 g/mol. The fourth-order valence-electron chi connectivity index (χ4n) is 2.18. The number of aromatic nitrogens is 2. The van der Waals surface area contributed by atoms with E-state index >= 15 is 0 Å². The number of anilines is 1. The SMILES string of the molecule is O=C(CNc1cnc2cc(Cl)c(Cl)cc2n1)N1CCOCC1. The second-order valence-corrected chi connectivity index (χ2v) is 5.67. The largest absolute Gasteiger partial charge is 0.378 e. The quantitative estimate of drug-likeness (QED) is 0.927. The second-order valence-electron chi connectivity index (χ2n) is 4.86. The third-order valence-electron chi connectivity index (χ3n) is 3.37. The number of carbonyl (C=O) groups is 1. The summed E-state index contributed by atoms with van der Waals surface area (Å²) < 4.78 is 5.22. The molecular formula is C14H14Cl2N4O2. The normalized spacial score (nSPS) is 15.1. The average Bonchev–Trinajstić information content (AvgIpc) is 2.54. The van der Waals surface area contributed by atoms with Crippen LogP contribution in [-0.2, 0) is 9.53 Å². The number of nitrogens with one attached hydrogen (secondary N) is 1. The Morgan fingerprint density at radius 1 is 1.23 bits per heavy atom. The van der Waals surface area contributed by atoms with Crippen LogP contribution in [0.25, 0.3) is 11.0 Å². The van der Waals surface area contributed by atoms with E-state index in [1.165, 1.54) is 0 Å². The van der Waals surface area contributed by atoms with Crippen molar-refractivity contribution in [1.29, 1.82) is 0 Å². The van der Waals surface area contributed by atoms with Crippen molar-refractivity contribution in [2.75, 3.05) is 38.2 Å². The fraction of sp³-hybridized carbons (Fsp3) is 0.357. The molecule has 1 aromatic carbocycles. The van der Waals surface area contributed by atoms with Crippen LogP contribution in [0.5, 0.6) is 0 Å². The van der Waals surface area contributed by atoms with Gasteiger partial charge in [-0.1, -0.05) is 23.2 Å². The summed E-state index contributed by atoms with van der Waals surface area (Å²) in [5.74, 6) is 0.534. The van der Waals surface area contributed by atoms with Crippen LogP contribution in [0.3, 0.4) is 0 Å². The zero-order chi connectivity index (χ0) is 15.5. The van der Waals surface area contributed by atoms with Gasteiger partial charge in [-0.15, -0.1) is 0 Å². The van der Waals surface area contributed by atoms with Gasteiger partial charge >= 0.3 is 0 Å². The minimum absolute atomic E-state index is 0.0133. The van der Waals surface area contributed by atoms with Gasteiger partial charge in [0.15, 0.2) is 0 Å². The van der Waals surface area contributed by atoms with Crippen molar-refractivity contribution in [1.82, 2.24) is 14.9 Å². The lowest BCUT2D eigenvalue weighted by atomic mass is 10.3. The molecule has 1 fully saturated rings. The summed E-state index contributed by atoms with van der Waals surface area (Å²) in [6.07, 6.45) is 1.57. The number of carbonyl (C=O) groups excluding carboxylic acids is 1. The van der Waals surface area contributed by atoms with Crippen LogP contribution in [0.2, 0.25) is 10.0 Å². The van der Waals surface area contributed by atoms with Crippen molar-refractivity contribution < 1.29 is 9.53 Å². The van der Waals surface area contributed by atoms with Crippen LogP contribution in [0, 0.1) is 0 Å². The summed E-state index contributed by atoms with van der Waals surface area (Å²) in [5, 5.41) is 3.84. The number of ether oxygens (including phenoxy) is 1. The maximum absolute atomic E-state index is 12.1. The monoisotopic (exact) mass is 340 g/mol. The topological polar surface area (TPSA) is 67.4 Å². The Hall–Kier alpha value is -1.63. The van der Waals surface area contributed by atoms with E-state index in [4.69, 9.17) is 27.9 Å². The van der Waals surface area contributed by atoms with Gasteiger partial charge in [0.05, 0.1) is 47.0 Å². The van der Waals surface area contributed by atoms with Crippen molar-refractivity contribution in [2.24, 2.45) is 0 Å². The standard InChI is InChI=1S/C14H14Cl2N4O2/c15-9-5-11-12(6-10(9)16)19-13(7-17-11)18-8-14(21)20-1-3-22-4-2-20/h5-7H,1-4,8H2,(H,18,19). The van der Waals surface area contributed by atoms with Gasteiger partial charge in [-0.25, -0.2) is 4.98 Å². The fourth-order valence-corrected chi connectivity index (χ4v) is 2.50. The predicted octanol–water partition coefficient (Wildman–Crippen LogP) is 2.21. The summed E-state index contributed by atoms with van der Waals surface area (Å²) in [4.78, 5) is 22.5. The van der Waals surface area contributed by atoms with Crippen molar-refractivity contribution in [3.63, 3.8) is 0 Å². The lowest BCUT2D eigenvalue weighted by Gasteiger charge is -2.26. The van der Waals surface area contributed by atoms with Crippen molar-refractivity contribution in [2.45, 2.75) is 0 Å². The lowest BCUT2D eigenvalue weighted by molar-refractivity contribution is -0.133. The van der Waals surface area contributed by atoms with E-state index in [2.05, 4.69) is 15.3 Å². The molecule has 0 unspecified atom stereocenters. The molecule has 1 amide bonds. The first-order valence-electron chi connectivity index (χ1n) is 6.85. The minimum atomic E-state index is 0.0133. The number of amides is 1. The third-order valence-corrected chi connectivity index (χ3v) is 4.09. The van der Waals surface area contributed by atoms with Crippen LogP contribution < -0.4 is 5.32 Å². The van der Waals surface area contributed by atoms with Gasteiger partial charge in [0, 0.05) is 13.1 Å². The Morgan fingerprint density at radius 3 is 2.64 bits per heavy atom. The van der Waals surface area contributed by atoms with E-state index in [0.29, 0.717) is 53.2 Å². The molecule has 0 aliphatic carbocycles. The number of halogens is 2. The highest BCUT2D eigenvalue weighted by atomic mass is 35.5. The molecule has 22 heavy (non-hydrogen) atoms. The van der Waals surface area contributed by atoms with Crippen LogP contribution in [0.4, 0.5) is 5.82 Å². The zero-order valence-electron chi connectivity index (χ0n) is 11.7. The first-order valence-corrected chi connectivity index (χ1v) is 7.60. The molecule has 0 spiro atoms. The number of nitrogens with zero attached hydrogens (tertiary/aromatic N) is 3. The molecule has 1 aliphatic heterocycles. The predicted molar refractivity (Wildman–Crippen MR) is 85.4 cm³/mol. The van der Waals surface area contributed by atoms with E-state index in [1.807, 2.05) is 0 Å². The van der Waals surface area contributed by atoms with Gasteiger partial charge in [0.1, 0.15) is 5.82 Å². The molecule has 0 bridgehead atoms. The van der Waals surface area contributed by atoms with Gasteiger partial charge in [0.2, 0.25) is 5.91 Å². The van der Waals surface area contributed by atoms with Crippen LogP contribution in [0.1, 0.15) is 0 Å². The van der Waals surface area contributed by atoms with E-state index < -0.39 is 0 Å². The van der Waals surface area contributed by atoms with Gasteiger partial charge in [-0.2, -0.15) is 0 Å². The third kappa shape index (κ3) is 3.40. The summed E-state index contributed by atoms with van der Waals surface area (Å²) in [7, 11) is 0. The van der Waals surface area contributed by atoms with E-state index in [0.717, 1.165) is 0 Å². The van der Waals surface area contributed by atoms with E-state index in [9.17, 15) is 4.79 Å². The molecule has 1 N–H and O–H groups in total. The highest BCUT2D eigenvalue weighted by Gasteiger charge is 2.16. The van der Waals surface area contributed by atoms with Crippen molar-refractivity contribution in [3.8, 4) is 0 Å². The Bertz CT molecular complexity index is 705. The zero-order valence-corrected chi connectivity index (χ0v) is 13.2. The highest BCUT2D eigenvalue weighted by Crippen LogP contribution is 2.26. The maximum Gasteiger partial charge on any atom is 0.242 e. The molecule has 2 heterocycles. The molecule has 116 valence electrons. The number of rotatable bonds is 3. The van der Waals surface area contributed by atoms with E-state index in [1.54, 1.807) is 23.2 Å². The van der Waals surface area contributed by atoms with Gasteiger partial charge in [-0.05, 0) is 12.1 Å². The molecule has 0 atom stereocenters. The molecule has 1 saturated heterocycles.